The van der Waals surface area contributed by atoms with Crippen LogP contribution in [0.5, 0.6) is 28.7 Å². The van der Waals surface area contributed by atoms with E-state index in [2.05, 4.69) is 20.5 Å². The molecule has 0 fully saturated rings. The molecule has 0 amide bonds. The maximum atomic E-state index is 13.1. The Hall–Kier alpha value is -3.23. The van der Waals surface area contributed by atoms with Gasteiger partial charge in [0, 0.05) is 10.8 Å². The molecule has 0 aromatic heterocycles. The summed E-state index contributed by atoms with van der Waals surface area (Å²) in [7, 11) is -12.0. The van der Waals surface area contributed by atoms with E-state index in [4.69, 9.17) is 9.47 Å². The van der Waals surface area contributed by atoms with Gasteiger partial charge in [0.1, 0.15) is 27.8 Å². The van der Waals surface area contributed by atoms with Crippen molar-refractivity contribution in [3.63, 3.8) is 0 Å². The Bertz CT molecular complexity index is 2990. The predicted octanol–water partition coefficient (Wildman–Crippen LogP) is -3.52. The van der Waals surface area contributed by atoms with Crippen LogP contribution in [-0.2, 0) is 30.4 Å². The summed E-state index contributed by atoms with van der Waals surface area (Å²) in [5.41, 5.74) is 0.181. The van der Waals surface area contributed by atoms with Crippen LogP contribution in [0.25, 0.3) is 32.7 Å². The van der Waals surface area contributed by atoms with E-state index in [0.29, 0.717) is 11.1 Å². The third-order valence-corrected chi connectivity index (χ3v) is 10.7. The van der Waals surface area contributed by atoms with Crippen LogP contribution in [-0.4, -0.2) is 53.1 Å². The molecule has 0 saturated carbocycles. The molecule has 0 aliphatic heterocycles. The van der Waals surface area contributed by atoms with Crippen LogP contribution in [0, 0.1) is 0 Å². The van der Waals surface area contributed by atoms with Gasteiger partial charge >= 0.3 is 88.7 Å². The molecule has 0 radical (unpaired) electrons. The van der Waals surface area contributed by atoms with E-state index in [1.807, 2.05) is 0 Å². The van der Waals surface area contributed by atoms with Crippen LogP contribution in [0.4, 0.5) is 22.7 Å². The Morgan fingerprint density at radius 2 is 1.02 bits per heavy atom. The first-order valence-electron chi connectivity index (χ1n) is 15.1. The molecule has 284 valence electrons. The van der Waals surface area contributed by atoms with E-state index in [0.717, 1.165) is 48.5 Å². The van der Waals surface area contributed by atoms with Crippen LogP contribution < -0.4 is 113 Å². The zero-order valence-electron chi connectivity index (χ0n) is 30.9. The monoisotopic (exact) mass is 876 g/mol. The van der Waals surface area contributed by atoms with Gasteiger partial charge in [-0.25, -0.2) is 0 Å². The molecular weight excluding hydrogens is 854 g/mol. The minimum Gasteiger partial charge on any atom is -0.872 e. The Morgan fingerprint density at radius 3 is 1.53 bits per heavy atom. The van der Waals surface area contributed by atoms with Crippen LogP contribution >= 0.6 is 0 Å². The third kappa shape index (κ3) is 10.4. The van der Waals surface area contributed by atoms with Crippen molar-refractivity contribution in [3.8, 4) is 39.9 Å². The summed E-state index contributed by atoms with van der Waals surface area (Å²) in [6.45, 7) is 0. The predicted molar refractivity (Wildman–Crippen MR) is 189 cm³/mol. The number of nitrogens with zero attached hydrogens (tertiary/aromatic N) is 4. The summed E-state index contributed by atoms with van der Waals surface area (Å²) < 4.78 is 111. The summed E-state index contributed by atoms with van der Waals surface area (Å²) in [6, 6.07) is 16.8. The van der Waals surface area contributed by atoms with Crippen molar-refractivity contribution >= 4 is 74.6 Å². The smallest absolute Gasteiger partial charge is 0.872 e. The Labute approximate surface area is 396 Å². The minimum atomic E-state index is -5.10. The van der Waals surface area contributed by atoms with Crippen molar-refractivity contribution in [2.75, 3.05) is 14.2 Å². The van der Waals surface area contributed by atoms with Crippen molar-refractivity contribution < 1.29 is 152 Å². The number of methoxy groups -OCH3 is 2. The number of azo groups is 2. The fraction of sp³-hybridized carbons (Fsp3) is 0.0588. The normalized spacial score (nSPS) is 11.9. The number of fused-ring (bicyclic) bond motifs is 2. The summed E-state index contributed by atoms with van der Waals surface area (Å²) in [5.74, 6) is -2.34. The first-order valence-corrected chi connectivity index (χ1v) is 19.5. The van der Waals surface area contributed by atoms with Crippen molar-refractivity contribution in [1.29, 1.82) is 0 Å². The molecule has 0 unspecified atom stereocenters. The van der Waals surface area contributed by atoms with E-state index in [9.17, 15) is 54.2 Å². The molecule has 0 aliphatic carbocycles. The number of hydrogen-bond acceptors (Lipinski definition) is 15. The second-order valence-electron chi connectivity index (χ2n) is 11.5. The van der Waals surface area contributed by atoms with E-state index < -0.39 is 73.7 Å². The van der Waals surface area contributed by atoms with Gasteiger partial charge in [0.2, 0.25) is 0 Å². The van der Waals surface area contributed by atoms with Gasteiger partial charge in [-0.15, -0.1) is 16.0 Å². The average molecular weight is 877 g/mol. The summed E-state index contributed by atoms with van der Waals surface area (Å²) in [5, 5.41) is 53.3. The molecule has 0 heterocycles. The molecule has 0 spiro atoms. The molecule has 6 rings (SSSR count). The van der Waals surface area contributed by atoms with E-state index in [1.54, 1.807) is 18.2 Å². The second kappa shape index (κ2) is 19.0. The Balaban J connectivity index is 0.00000300. The van der Waals surface area contributed by atoms with Crippen LogP contribution in [0.15, 0.2) is 120 Å². The molecule has 24 heteroatoms. The van der Waals surface area contributed by atoms with Gasteiger partial charge in [-0.3, -0.25) is 13.7 Å². The minimum absolute atomic E-state index is 0. The number of hydrogen-bond donors (Lipinski definition) is 3. The van der Waals surface area contributed by atoms with Gasteiger partial charge in [0.25, 0.3) is 30.4 Å². The first-order chi connectivity index (χ1) is 25.8. The van der Waals surface area contributed by atoms with E-state index in [1.165, 1.54) is 32.4 Å². The topological polar surface area (TPSA) is 300 Å². The molecule has 0 aliphatic rings. The molecule has 3 N–H and O–H groups in total. The average Bonchev–Trinajstić information content (AvgIpc) is 3.12. The molecule has 6 aromatic carbocycles. The zero-order chi connectivity index (χ0) is 40.0. The molecule has 0 atom stereocenters. The van der Waals surface area contributed by atoms with Gasteiger partial charge in [-0.2, -0.15) is 35.5 Å². The van der Waals surface area contributed by atoms with Crippen LogP contribution in [0.2, 0.25) is 0 Å². The SMILES string of the molecule is COc1cc(-c2ccc(N=Nc3c([O-])c(S(=O)(=O)O)cc4cc(S(=O)(=O)O)ccc34)c(OC)c2)ccc1N=Nc1cc(S(=O)(=O)O)c2ccc([O-])cc2c1[O-].[Na+].[Na+].[Na+]. The Morgan fingerprint density at radius 1 is 0.500 bits per heavy atom. The quantitative estimate of drug-likeness (QED) is 0.0683. The molecular formula is C34H23N4Na3O14S3. The van der Waals surface area contributed by atoms with Gasteiger partial charge in [-0.05, 0) is 70.4 Å². The van der Waals surface area contributed by atoms with Gasteiger partial charge in [0.05, 0.1) is 35.4 Å². The fourth-order valence-corrected chi connectivity index (χ4v) is 7.32. The van der Waals surface area contributed by atoms with Crippen molar-refractivity contribution in [2.45, 2.75) is 14.7 Å². The van der Waals surface area contributed by atoms with Gasteiger partial charge in [-0.1, -0.05) is 47.9 Å². The molecule has 58 heavy (non-hydrogen) atoms. The zero-order valence-corrected chi connectivity index (χ0v) is 39.4. The Kier molecular flexibility index (Phi) is 16.1. The fourth-order valence-electron chi connectivity index (χ4n) is 5.48. The van der Waals surface area contributed by atoms with Gasteiger partial charge in [0.15, 0.2) is 0 Å². The summed E-state index contributed by atoms with van der Waals surface area (Å²) >= 11 is 0. The summed E-state index contributed by atoms with van der Waals surface area (Å²) in [6.07, 6.45) is 0. The standard InChI is InChI=1S/C34H26N4O14S3.3Na/c1-51-28-12-17(3-9-25(28)35-37-27-16-30(54(45,46)47)23-7-5-20(39)15-24(23)33(27)40)18-4-10-26(29(13-18)52-2)36-38-32-22-8-6-21(53(42,43)44)11-19(22)14-31(34(32)41)55(48,49)50;;;/h3-16,39-41H,1-2H3,(H,42,43,44)(H,45,46,47)(H,48,49,50);;;/q;3*+1/p-3. The van der Waals surface area contributed by atoms with Gasteiger partial charge < -0.3 is 24.8 Å². The molecule has 6 aromatic rings. The van der Waals surface area contributed by atoms with Crippen LogP contribution in [0.3, 0.4) is 0 Å². The third-order valence-electron chi connectivity index (χ3n) is 8.07. The number of ether oxygens (including phenoxy) is 2. The van der Waals surface area contributed by atoms with Crippen LogP contribution in [0.1, 0.15) is 0 Å². The largest absolute Gasteiger partial charge is 1.00 e. The van der Waals surface area contributed by atoms with E-state index >= 15 is 0 Å². The number of rotatable bonds is 10. The second-order valence-corrected chi connectivity index (χ2v) is 15.7. The molecule has 18 nitrogen and oxygen atoms in total. The van der Waals surface area contributed by atoms with E-state index in [-0.39, 0.29) is 133 Å². The summed E-state index contributed by atoms with van der Waals surface area (Å²) in [4.78, 5) is -2.35. The van der Waals surface area contributed by atoms with Crippen molar-refractivity contribution in [3.05, 3.63) is 84.9 Å². The van der Waals surface area contributed by atoms with Crippen molar-refractivity contribution in [2.24, 2.45) is 20.5 Å². The van der Waals surface area contributed by atoms with Crippen molar-refractivity contribution in [1.82, 2.24) is 0 Å². The molecule has 0 saturated heterocycles. The maximum Gasteiger partial charge on any atom is 1.00 e. The first kappa shape index (κ1) is 49.1. The molecule has 0 bridgehead atoms. The maximum absolute atomic E-state index is 13.1. The number of benzene rings is 6.